The average molecular weight is 484 g/mol. The Morgan fingerprint density at radius 1 is 0.794 bits per heavy atom. The van der Waals surface area contributed by atoms with Crippen molar-refractivity contribution in [1.82, 2.24) is 15.0 Å². The largest absolute Gasteiger partial charge is 0.379 e. The Hall–Kier alpha value is -1.35. The number of Topliss-reactive ketones (excluding diaryl/α,β-unsaturated/α-hetero) is 1. The number of ketones is 1. The summed E-state index contributed by atoms with van der Waals surface area (Å²) in [7, 11) is 0. The fraction of sp³-hybridized carbons (Fsp3) is 0.885. The number of ether oxygens (including phenoxy) is 4. The monoisotopic (exact) mass is 483 g/mol. The Bertz CT molecular complexity index is 607. The number of aryl methyl sites for hydroxylation is 1. The van der Waals surface area contributed by atoms with Crippen LogP contribution in [0.3, 0.4) is 0 Å². The molecule has 0 fully saturated rings. The van der Waals surface area contributed by atoms with Gasteiger partial charge in [0, 0.05) is 18.5 Å². The number of aromatic nitrogens is 3. The zero-order valence-electron chi connectivity index (χ0n) is 22.1. The highest BCUT2D eigenvalue weighted by Gasteiger charge is 2.06. The van der Waals surface area contributed by atoms with Crippen LogP contribution in [0, 0.1) is 11.8 Å². The third-order valence-corrected chi connectivity index (χ3v) is 5.52. The molecule has 0 amide bonds. The second-order valence-corrected chi connectivity index (χ2v) is 9.49. The Morgan fingerprint density at radius 2 is 1.35 bits per heavy atom. The van der Waals surface area contributed by atoms with Crippen LogP contribution in [0.15, 0.2) is 6.20 Å². The van der Waals surface area contributed by atoms with Gasteiger partial charge in [-0.3, -0.25) is 4.79 Å². The van der Waals surface area contributed by atoms with E-state index >= 15 is 0 Å². The van der Waals surface area contributed by atoms with Crippen LogP contribution in [-0.4, -0.2) is 73.6 Å². The van der Waals surface area contributed by atoms with Crippen molar-refractivity contribution in [3.63, 3.8) is 0 Å². The SMILES string of the molecule is CC(C)CCCCCCCc1cn(CCOCCOCCOCCOCCC(=O)C(C)C)nn1. The van der Waals surface area contributed by atoms with Crippen LogP contribution >= 0.6 is 0 Å². The van der Waals surface area contributed by atoms with Gasteiger partial charge in [-0.2, -0.15) is 0 Å². The molecule has 8 nitrogen and oxygen atoms in total. The van der Waals surface area contributed by atoms with E-state index in [1.54, 1.807) is 0 Å². The van der Waals surface area contributed by atoms with E-state index in [2.05, 4.69) is 24.2 Å². The molecule has 0 atom stereocenters. The number of rotatable bonds is 24. The lowest BCUT2D eigenvalue weighted by molar-refractivity contribution is -0.123. The molecule has 0 radical (unpaired) electrons. The lowest BCUT2D eigenvalue weighted by atomic mass is 10.0. The summed E-state index contributed by atoms with van der Waals surface area (Å²) in [5.74, 6) is 1.13. The molecular weight excluding hydrogens is 434 g/mol. The van der Waals surface area contributed by atoms with E-state index in [4.69, 9.17) is 18.9 Å². The number of unbranched alkanes of at least 4 members (excludes halogenated alkanes) is 4. The Morgan fingerprint density at radius 3 is 1.97 bits per heavy atom. The summed E-state index contributed by atoms with van der Waals surface area (Å²) in [6.07, 6.45) is 11.3. The molecule has 1 rings (SSSR count). The van der Waals surface area contributed by atoms with Gasteiger partial charge in [0.25, 0.3) is 0 Å². The molecule has 0 spiro atoms. The van der Waals surface area contributed by atoms with Gasteiger partial charge in [0.15, 0.2) is 0 Å². The second kappa shape index (κ2) is 21.0. The minimum atomic E-state index is 0.0743. The van der Waals surface area contributed by atoms with Gasteiger partial charge in [0.05, 0.1) is 65.1 Å². The summed E-state index contributed by atoms with van der Waals surface area (Å²) in [5.41, 5.74) is 1.07. The molecule has 0 N–H and O–H groups in total. The second-order valence-electron chi connectivity index (χ2n) is 9.49. The van der Waals surface area contributed by atoms with Crippen molar-refractivity contribution in [2.45, 2.75) is 85.6 Å². The summed E-state index contributed by atoms with van der Waals surface area (Å²) in [6.45, 7) is 13.3. The Balaban J connectivity index is 1.84. The molecule has 1 aromatic rings. The van der Waals surface area contributed by atoms with Gasteiger partial charge in [-0.25, -0.2) is 4.68 Å². The Kier molecular flexibility index (Phi) is 18.9. The maximum Gasteiger partial charge on any atom is 0.137 e. The third kappa shape index (κ3) is 18.0. The van der Waals surface area contributed by atoms with E-state index in [0.29, 0.717) is 65.8 Å². The van der Waals surface area contributed by atoms with Gasteiger partial charge in [-0.1, -0.05) is 65.0 Å². The predicted molar refractivity (Wildman–Crippen MR) is 134 cm³/mol. The van der Waals surface area contributed by atoms with Gasteiger partial charge < -0.3 is 18.9 Å². The van der Waals surface area contributed by atoms with Gasteiger partial charge in [0.2, 0.25) is 0 Å². The summed E-state index contributed by atoms with van der Waals surface area (Å²) in [4.78, 5) is 11.5. The van der Waals surface area contributed by atoms with E-state index in [-0.39, 0.29) is 11.7 Å². The quantitative estimate of drug-likeness (QED) is 0.200. The summed E-state index contributed by atoms with van der Waals surface area (Å²) in [5, 5.41) is 8.45. The summed E-state index contributed by atoms with van der Waals surface area (Å²) < 4.78 is 23.8. The predicted octanol–water partition coefficient (Wildman–Crippen LogP) is 4.50. The van der Waals surface area contributed by atoms with Crippen molar-refractivity contribution in [2.24, 2.45) is 11.8 Å². The standard InChI is InChI=1S/C26H49N3O5/c1-23(2)10-8-6-5-7-9-11-25-22-29(28-27-25)13-15-32-17-19-34-21-20-33-18-16-31-14-12-26(30)24(3)4/h22-24H,5-21H2,1-4H3. The van der Waals surface area contributed by atoms with Gasteiger partial charge in [-0.15, -0.1) is 5.10 Å². The highest BCUT2D eigenvalue weighted by molar-refractivity contribution is 5.80. The highest BCUT2D eigenvalue weighted by atomic mass is 16.6. The van der Waals surface area contributed by atoms with Crippen molar-refractivity contribution in [3.8, 4) is 0 Å². The third-order valence-electron chi connectivity index (χ3n) is 5.52. The van der Waals surface area contributed by atoms with E-state index in [1.807, 2.05) is 24.7 Å². The van der Waals surface area contributed by atoms with Crippen LogP contribution in [0.25, 0.3) is 0 Å². The van der Waals surface area contributed by atoms with E-state index in [1.165, 1.54) is 38.5 Å². The van der Waals surface area contributed by atoms with Crippen LogP contribution in [0.1, 0.15) is 78.3 Å². The van der Waals surface area contributed by atoms with Crippen LogP contribution < -0.4 is 0 Å². The van der Waals surface area contributed by atoms with Crippen molar-refractivity contribution in [1.29, 1.82) is 0 Å². The first kappa shape index (κ1) is 30.7. The van der Waals surface area contributed by atoms with Crippen LogP contribution in [0.2, 0.25) is 0 Å². The lowest BCUT2D eigenvalue weighted by Crippen LogP contribution is -2.14. The van der Waals surface area contributed by atoms with Crippen molar-refractivity contribution >= 4 is 5.78 Å². The molecule has 0 unspecified atom stereocenters. The maximum absolute atomic E-state index is 11.5. The van der Waals surface area contributed by atoms with Gasteiger partial charge in [0.1, 0.15) is 5.78 Å². The average Bonchev–Trinajstić information content (AvgIpc) is 3.25. The molecule has 0 aliphatic rings. The van der Waals surface area contributed by atoms with E-state index < -0.39 is 0 Å². The van der Waals surface area contributed by atoms with Crippen molar-refractivity contribution < 1.29 is 23.7 Å². The molecule has 0 aliphatic heterocycles. The summed E-state index contributed by atoms with van der Waals surface area (Å²) >= 11 is 0. The van der Waals surface area contributed by atoms with Crippen molar-refractivity contribution in [3.05, 3.63) is 11.9 Å². The molecule has 1 heterocycles. The topological polar surface area (TPSA) is 84.7 Å². The first-order valence-electron chi connectivity index (χ1n) is 13.2. The molecule has 0 saturated heterocycles. The number of hydrogen-bond acceptors (Lipinski definition) is 7. The van der Waals surface area contributed by atoms with E-state index in [0.717, 1.165) is 18.0 Å². The molecule has 0 aromatic carbocycles. The molecule has 0 saturated carbocycles. The number of carbonyl (C=O) groups excluding carboxylic acids is 1. The number of carbonyl (C=O) groups is 1. The van der Waals surface area contributed by atoms with Gasteiger partial charge in [-0.05, 0) is 18.8 Å². The zero-order valence-corrected chi connectivity index (χ0v) is 22.1. The normalized spacial score (nSPS) is 11.7. The lowest BCUT2D eigenvalue weighted by Gasteiger charge is -2.08. The van der Waals surface area contributed by atoms with Crippen molar-refractivity contribution in [2.75, 3.05) is 52.9 Å². The van der Waals surface area contributed by atoms with Crippen LogP contribution in [0.5, 0.6) is 0 Å². The molecular formula is C26H49N3O5. The number of nitrogens with zero attached hydrogens (tertiary/aromatic N) is 3. The molecule has 34 heavy (non-hydrogen) atoms. The fourth-order valence-electron chi connectivity index (χ4n) is 3.33. The van der Waals surface area contributed by atoms with Crippen LogP contribution in [-0.2, 0) is 36.7 Å². The van der Waals surface area contributed by atoms with Crippen LogP contribution in [0.4, 0.5) is 0 Å². The minimum absolute atomic E-state index is 0.0743. The van der Waals surface area contributed by atoms with E-state index in [9.17, 15) is 4.79 Å². The summed E-state index contributed by atoms with van der Waals surface area (Å²) in [6, 6.07) is 0. The molecule has 1 aromatic heterocycles. The first-order valence-corrected chi connectivity index (χ1v) is 13.2. The highest BCUT2D eigenvalue weighted by Crippen LogP contribution is 2.11. The number of hydrogen-bond donors (Lipinski definition) is 0. The minimum Gasteiger partial charge on any atom is -0.379 e. The molecule has 0 aliphatic carbocycles. The molecule has 8 heteroatoms. The maximum atomic E-state index is 11.5. The first-order chi connectivity index (χ1) is 16.5. The zero-order chi connectivity index (χ0) is 24.9. The fourth-order valence-corrected chi connectivity index (χ4v) is 3.33. The Labute approximate surface area is 207 Å². The smallest absolute Gasteiger partial charge is 0.137 e. The van der Waals surface area contributed by atoms with Gasteiger partial charge >= 0.3 is 0 Å². The molecule has 0 bridgehead atoms. The molecule has 198 valence electrons.